The molecule has 8 nitrogen and oxygen atoms in total. The van der Waals surface area contributed by atoms with Crippen LogP contribution in [0.5, 0.6) is 11.5 Å². The topological polar surface area (TPSA) is 94.2 Å². The number of hydrogen-bond donors (Lipinski definition) is 1. The van der Waals surface area contributed by atoms with Gasteiger partial charge < -0.3 is 19.5 Å². The van der Waals surface area contributed by atoms with E-state index in [1.807, 2.05) is 6.07 Å². The lowest BCUT2D eigenvalue weighted by atomic mass is 9.81. The summed E-state index contributed by atoms with van der Waals surface area (Å²) < 4.78 is 16.1. The third-order valence-corrected chi connectivity index (χ3v) is 8.79. The molecule has 3 heterocycles. The van der Waals surface area contributed by atoms with Gasteiger partial charge in [0, 0.05) is 37.9 Å². The third-order valence-electron chi connectivity index (χ3n) is 8.79. The van der Waals surface area contributed by atoms with Crippen LogP contribution in [0.2, 0.25) is 0 Å². The van der Waals surface area contributed by atoms with E-state index in [4.69, 9.17) is 14.2 Å². The predicted octanol–water partition coefficient (Wildman–Crippen LogP) is 5.65. The van der Waals surface area contributed by atoms with Crippen LogP contribution in [-0.4, -0.2) is 55.6 Å². The molecule has 222 valence electrons. The Balaban J connectivity index is 1.17. The molecule has 0 aliphatic carbocycles. The molecule has 1 fully saturated rings. The SMILES string of the molecule is CCCCCCCCCCCCC(NC(=O)CC[C@H]1CN2CCc3cc4c(cc3[C@@H]2CC1=O)OCO4)C(=O)OC. The maximum absolute atomic E-state index is 13.1. The van der Waals surface area contributed by atoms with Crippen LogP contribution in [0.1, 0.15) is 114 Å². The Morgan fingerprint density at radius 3 is 2.40 bits per heavy atom. The number of ether oxygens (including phenoxy) is 3. The highest BCUT2D eigenvalue weighted by atomic mass is 16.7. The van der Waals surface area contributed by atoms with E-state index in [0.717, 1.165) is 49.3 Å². The van der Waals surface area contributed by atoms with Gasteiger partial charge in [-0.15, -0.1) is 0 Å². The zero-order chi connectivity index (χ0) is 28.3. The quantitative estimate of drug-likeness (QED) is 0.208. The molecule has 3 aliphatic heterocycles. The molecule has 1 saturated heterocycles. The Kier molecular flexibility index (Phi) is 11.7. The second-order valence-electron chi connectivity index (χ2n) is 11.7. The number of esters is 1. The highest BCUT2D eigenvalue weighted by Crippen LogP contribution is 2.43. The Morgan fingerprint density at radius 1 is 1.02 bits per heavy atom. The number of ketones is 1. The summed E-state index contributed by atoms with van der Waals surface area (Å²) in [5, 5.41) is 2.88. The van der Waals surface area contributed by atoms with Gasteiger partial charge in [-0.25, -0.2) is 4.79 Å². The van der Waals surface area contributed by atoms with Crippen molar-refractivity contribution in [1.29, 1.82) is 0 Å². The van der Waals surface area contributed by atoms with Crippen molar-refractivity contribution in [3.05, 3.63) is 23.3 Å². The normalized spacial score (nSPS) is 20.5. The summed E-state index contributed by atoms with van der Waals surface area (Å²) in [5.74, 6) is 0.995. The van der Waals surface area contributed by atoms with Crippen LogP contribution in [0.15, 0.2) is 12.1 Å². The van der Waals surface area contributed by atoms with Crippen molar-refractivity contribution in [1.82, 2.24) is 10.2 Å². The Hall–Kier alpha value is -2.61. The largest absolute Gasteiger partial charge is 0.467 e. The number of carbonyl (C=O) groups excluding carboxylic acids is 3. The average molecular weight is 557 g/mol. The number of unbranched alkanes of at least 4 members (excludes halogenated alkanes) is 9. The molecule has 1 unspecified atom stereocenters. The van der Waals surface area contributed by atoms with Gasteiger partial charge >= 0.3 is 5.97 Å². The van der Waals surface area contributed by atoms with Gasteiger partial charge in [-0.2, -0.15) is 0 Å². The molecule has 1 N–H and O–H groups in total. The number of carbonyl (C=O) groups is 3. The third kappa shape index (κ3) is 8.21. The van der Waals surface area contributed by atoms with Crippen LogP contribution < -0.4 is 14.8 Å². The van der Waals surface area contributed by atoms with Crippen LogP contribution in [-0.2, 0) is 25.5 Å². The number of piperidine rings is 1. The minimum Gasteiger partial charge on any atom is -0.467 e. The lowest BCUT2D eigenvalue weighted by Crippen LogP contribution is -2.47. The number of hydrogen-bond acceptors (Lipinski definition) is 7. The average Bonchev–Trinajstić information content (AvgIpc) is 3.42. The standard InChI is InChI=1S/C32H48N2O6/c1-3-4-5-6-7-8-9-10-11-12-13-26(32(37)38-2)33-31(36)15-14-24-21-34-17-16-23-18-29-30(40-22-39-29)19-25(23)27(34)20-28(24)35/h18-19,24,26-27H,3-17,20-22H2,1-2H3,(H,33,36)/t24-,26?,27-/m0/s1. The van der Waals surface area contributed by atoms with E-state index >= 15 is 0 Å². The second-order valence-corrected chi connectivity index (χ2v) is 11.7. The van der Waals surface area contributed by atoms with E-state index in [2.05, 4.69) is 23.2 Å². The zero-order valence-electron chi connectivity index (χ0n) is 24.5. The zero-order valence-corrected chi connectivity index (χ0v) is 24.5. The molecule has 3 atom stereocenters. The van der Waals surface area contributed by atoms with Crippen LogP contribution >= 0.6 is 0 Å². The van der Waals surface area contributed by atoms with Crippen molar-refractivity contribution >= 4 is 17.7 Å². The number of Topliss-reactive ketones (excluding diaryl/α,β-unsaturated/α-hetero) is 1. The number of rotatable bonds is 16. The molecule has 1 aromatic rings. The van der Waals surface area contributed by atoms with Gasteiger partial charge in [-0.3, -0.25) is 14.5 Å². The highest BCUT2D eigenvalue weighted by Gasteiger charge is 2.39. The van der Waals surface area contributed by atoms with Gasteiger partial charge in [0.2, 0.25) is 12.7 Å². The van der Waals surface area contributed by atoms with Gasteiger partial charge in [0.25, 0.3) is 0 Å². The molecule has 1 amide bonds. The second kappa shape index (κ2) is 15.4. The maximum Gasteiger partial charge on any atom is 0.328 e. The number of amides is 1. The first-order valence-electron chi connectivity index (χ1n) is 15.6. The molecule has 0 aromatic heterocycles. The molecule has 0 saturated carbocycles. The number of fused-ring (bicyclic) bond motifs is 4. The van der Waals surface area contributed by atoms with Crippen LogP contribution in [0.25, 0.3) is 0 Å². The first kappa shape index (κ1) is 30.4. The van der Waals surface area contributed by atoms with Gasteiger partial charge in [-0.1, -0.05) is 71.1 Å². The van der Waals surface area contributed by atoms with Crippen LogP contribution in [0.4, 0.5) is 0 Å². The Morgan fingerprint density at radius 2 is 1.70 bits per heavy atom. The smallest absolute Gasteiger partial charge is 0.328 e. The molecular formula is C32H48N2O6. The fourth-order valence-corrected chi connectivity index (χ4v) is 6.39. The molecule has 8 heteroatoms. The minimum absolute atomic E-state index is 0.0561. The van der Waals surface area contributed by atoms with Crippen molar-refractivity contribution in [3.63, 3.8) is 0 Å². The van der Waals surface area contributed by atoms with E-state index in [-0.39, 0.29) is 36.9 Å². The summed E-state index contributed by atoms with van der Waals surface area (Å²) >= 11 is 0. The van der Waals surface area contributed by atoms with E-state index in [9.17, 15) is 14.4 Å². The number of nitrogens with one attached hydrogen (secondary N) is 1. The predicted molar refractivity (Wildman–Crippen MR) is 153 cm³/mol. The molecule has 1 aromatic carbocycles. The van der Waals surface area contributed by atoms with Crippen LogP contribution in [0.3, 0.4) is 0 Å². The van der Waals surface area contributed by atoms with E-state index < -0.39 is 12.0 Å². The lowest BCUT2D eigenvalue weighted by Gasteiger charge is -2.43. The van der Waals surface area contributed by atoms with Crippen LogP contribution in [0, 0.1) is 5.92 Å². The highest BCUT2D eigenvalue weighted by molar-refractivity contribution is 5.86. The van der Waals surface area contributed by atoms with Crippen molar-refractivity contribution in [2.45, 2.75) is 115 Å². The molecule has 3 aliphatic rings. The molecule has 0 spiro atoms. The summed E-state index contributed by atoms with van der Waals surface area (Å²) in [4.78, 5) is 40.6. The summed E-state index contributed by atoms with van der Waals surface area (Å²) in [5.41, 5.74) is 2.39. The number of methoxy groups -OCH3 is 1. The Bertz CT molecular complexity index is 1010. The minimum atomic E-state index is -0.621. The lowest BCUT2D eigenvalue weighted by molar-refractivity contribution is -0.145. The Labute approximate surface area is 239 Å². The van der Waals surface area contributed by atoms with Gasteiger partial charge in [-0.05, 0) is 42.5 Å². The molecule has 0 radical (unpaired) electrons. The molecule has 0 bridgehead atoms. The fraction of sp³-hybridized carbons (Fsp3) is 0.719. The summed E-state index contributed by atoms with van der Waals surface area (Å²) in [6.07, 6.45) is 14.9. The van der Waals surface area contributed by atoms with Crippen molar-refractivity contribution in [3.8, 4) is 11.5 Å². The summed E-state index contributed by atoms with van der Waals surface area (Å²) in [6, 6.07) is 3.53. The summed E-state index contributed by atoms with van der Waals surface area (Å²) in [7, 11) is 1.36. The summed E-state index contributed by atoms with van der Waals surface area (Å²) in [6.45, 7) is 4.02. The molecule has 40 heavy (non-hydrogen) atoms. The van der Waals surface area contributed by atoms with Gasteiger partial charge in [0.1, 0.15) is 11.8 Å². The number of nitrogens with zero attached hydrogens (tertiary/aromatic N) is 1. The molecule has 4 rings (SSSR count). The van der Waals surface area contributed by atoms with E-state index in [0.29, 0.717) is 25.8 Å². The number of benzene rings is 1. The van der Waals surface area contributed by atoms with E-state index in [1.165, 1.54) is 57.6 Å². The van der Waals surface area contributed by atoms with E-state index in [1.54, 1.807) is 0 Å². The first-order chi connectivity index (χ1) is 19.5. The maximum atomic E-state index is 13.1. The van der Waals surface area contributed by atoms with Crippen molar-refractivity contribution in [2.24, 2.45) is 5.92 Å². The first-order valence-corrected chi connectivity index (χ1v) is 15.6. The van der Waals surface area contributed by atoms with Crippen molar-refractivity contribution in [2.75, 3.05) is 27.0 Å². The fourth-order valence-electron chi connectivity index (χ4n) is 6.39. The monoisotopic (exact) mass is 556 g/mol. The van der Waals surface area contributed by atoms with Crippen molar-refractivity contribution < 1.29 is 28.6 Å². The molecular weight excluding hydrogens is 508 g/mol. The van der Waals surface area contributed by atoms with Gasteiger partial charge in [0.15, 0.2) is 11.5 Å². The van der Waals surface area contributed by atoms with Gasteiger partial charge in [0.05, 0.1) is 7.11 Å².